The van der Waals surface area contributed by atoms with Crippen LogP contribution in [-0.4, -0.2) is 27.6 Å². The van der Waals surface area contributed by atoms with Crippen molar-refractivity contribution < 1.29 is 22.4 Å². The summed E-state index contributed by atoms with van der Waals surface area (Å²) in [4.78, 5) is 13.7. The summed E-state index contributed by atoms with van der Waals surface area (Å²) < 4.78 is 55.7. The first-order valence-electron chi connectivity index (χ1n) is 8.39. The highest BCUT2D eigenvalue weighted by molar-refractivity contribution is 5.95. The number of hydrogen-bond acceptors (Lipinski definition) is 2. The summed E-state index contributed by atoms with van der Waals surface area (Å²) >= 11 is 0. The summed E-state index contributed by atoms with van der Waals surface area (Å²) in [6.07, 6.45) is -3.91. The van der Waals surface area contributed by atoms with Gasteiger partial charge in [-0.1, -0.05) is 35.9 Å². The van der Waals surface area contributed by atoms with E-state index in [9.17, 15) is 22.4 Å². The highest BCUT2D eigenvalue weighted by Gasteiger charge is 2.41. The minimum atomic E-state index is -4.80. The summed E-state index contributed by atoms with van der Waals surface area (Å²) in [5, 5.41) is 3.79. The predicted octanol–water partition coefficient (Wildman–Crippen LogP) is 4.61. The van der Waals surface area contributed by atoms with E-state index < -0.39 is 29.2 Å². The molecule has 1 amide bonds. The van der Waals surface area contributed by atoms with Crippen molar-refractivity contribution in [3.8, 4) is 5.69 Å². The maximum absolute atomic E-state index is 13.8. The third-order valence-corrected chi connectivity index (χ3v) is 4.26. The van der Waals surface area contributed by atoms with Gasteiger partial charge in [0.05, 0.1) is 17.4 Å². The Labute approximate surface area is 159 Å². The number of rotatable bonds is 4. The normalized spacial score (nSPS) is 11.5. The van der Waals surface area contributed by atoms with Gasteiger partial charge in [0.1, 0.15) is 5.82 Å². The second-order valence-electron chi connectivity index (χ2n) is 6.40. The molecular weight excluding hydrogens is 374 g/mol. The van der Waals surface area contributed by atoms with E-state index in [1.807, 2.05) is 6.92 Å². The van der Waals surface area contributed by atoms with Crippen LogP contribution in [0, 0.1) is 12.7 Å². The molecule has 0 fully saturated rings. The molecule has 2 aromatic carbocycles. The van der Waals surface area contributed by atoms with E-state index in [4.69, 9.17) is 0 Å². The lowest BCUT2D eigenvalue weighted by molar-refractivity contribution is -0.143. The Kier molecular flexibility index (Phi) is 5.22. The van der Waals surface area contributed by atoms with Crippen LogP contribution in [0.4, 0.5) is 17.6 Å². The molecule has 146 valence electrons. The molecule has 0 spiro atoms. The number of nitrogens with zero attached hydrogens (tertiary/aromatic N) is 3. The Morgan fingerprint density at radius 2 is 1.75 bits per heavy atom. The topological polar surface area (TPSA) is 38.1 Å². The number of carbonyl (C=O) groups is 1. The second kappa shape index (κ2) is 7.46. The van der Waals surface area contributed by atoms with Crippen molar-refractivity contribution in [1.82, 2.24) is 14.7 Å². The number of alkyl halides is 3. The minimum Gasteiger partial charge on any atom is -0.337 e. The molecule has 1 heterocycles. The standard InChI is InChI=1S/C20H17F4N3O/c1-13-7-9-15(10-8-13)27-18(20(22,23)24)16(11-25-27)19(28)26(2)12-14-5-3-4-6-17(14)21/h3-11H,12H2,1-2H3. The number of benzene rings is 2. The molecular formula is C20H17F4N3O. The number of aromatic nitrogens is 2. The van der Waals surface area contributed by atoms with Gasteiger partial charge >= 0.3 is 6.18 Å². The molecule has 3 rings (SSSR count). The van der Waals surface area contributed by atoms with Gasteiger partial charge in [-0.25, -0.2) is 9.07 Å². The number of halogens is 4. The Hall–Kier alpha value is -3.16. The molecule has 0 N–H and O–H groups in total. The molecule has 8 heteroatoms. The third kappa shape index (κ3) is 3.90. The molecule has 0 saturated carbocycles. The molecule has 1 aromatic heterocycles. The van der Waals surface area contributed by atoms with Crippen molar-refractivity contribution in [3.05, 3.63) is 82.9 Å². The SMILES string of the molecule is Cc1ccc(-n2ncc(C(=O)N(C)Cc3ccccc3F)c2C(F)(F)F)cc1. The summed E-state index contributed by atoms with van der Waals surface area (Å²) in [6, 6.07) is 12.1. The van der Waals surface area contributed by atoms with Gasteiger partial charge in [-0.15, -0.1) is 0 Å². The van der Waals surface area contributed by atoms with E-state index in [0.717, 1.165) is 16.7 Å². The third-order valence-electron chi connectivity index (χ3n) is 4.26. The van der Waals surface area contributed by atoms with Gasteiger partial charge in [-0.2, -0.15) is 18.3 Å². The van der Waals surface area contributed by atoms with Crippen molar-refractivity contribution in [3.63, 3.8) is 0 Å². The first-order valence-corrected chi connectivity index (χ1v) is 8.39. The van der Waals surface area contributed by atoms with Crippen molar-refractivity contribution >= 4 is 5.91 Å². The molecule has 0 atom stereocenters. The maximum atomic E-state index is 13.8. The Bertz CT molecular complexity index is 993. The van der Waals surface area contributed by atoms with Crippen LogP contribution in [0.15, 0.2) is 54.7 Å². The largest absolute Gasteiger partial charge is 0.434 e. The Balaban J connectivity index is 1.98. The summed E-state index contributed by atoms with van der Waals surface area (Å²) in [5.74, 6) is -1.43. The average Bonchev–Trinajstić information content (AvgIpc) is 3.09. The first kappa shape index (κ1) is 19.6. The predicted molar refractivity (Wildman–Crippen MR) is 95.5 cm³/mol. The van der Waals surface area contributed by atoms with Crippen molar-refractivity contribution in [1.29, 1.82) is 0 Å². The molecule has 28 heavy (non-hydrogen) atoms. The summed E-state index contributed by atoms with van der Waals surface area (Å²) in [7, 11) is 1.32. The fraction of sp³-hybridized carbons (Fsp3) is 0.200. The average molecular weight is 391 g/mol. The molecule has 0 unspecified atom stereocenters. The van der Waals surface area contributed by atoms with Crippen molar-refractivity contribution in [2.24, 2.45) is 0 Å². The number of hydrogen-bond donors (Lipinski definition) is 0. The molecule has 0 aliphatic carbocycles. The second-order valence-corrected chi connectivity index (χ2v) is 6.40. The van der Waals surface area contributed by atoms with Gasteiger partial charge < -0.3 is 4.90 Å². The molecule has 3 aromatic rings. The Morgan fingerprint density at radius 3 is 2.36 bits per heavy atom. The van der Waals surface area contributed by atoms with Gasteiger partial charge in [0, 0.05) is 19.2 Å². The van der Waals surface area contributed by atoms with Gasteiger partial charge in [0.2, 0.25) is 0 Å². The highest BCUT2D eigenvalue weighted by atomic mass is 19.4. The summed E-state index contributed by atoms with van der Waals surface area (Å²) in [6.45, 7) is 1.64. The number of amides is 1. The lowest BCUT2D eigenvalue weighted by atomic mass is 10.1. The number of aryl methyl sites for hydroxylation is 1. The van der Waals surface area contributed by atoms with Crippen LogP contribution in [0.1, 0.15) is 27.2 Å². The monoisotopic (exact) mass is 391 g/mol. The molecule has 0 saturated heterocycles. The van der Waals surface area contributed by atoms with Crippen molar-refractivity contribution in [2.75, 3.05) is 7.05 Å². The van der Waals surface area contributed by atoms with Crippen LogP contribution in [0.25, 0.3) is 5.69 Å². The van der Waals surface area contributed by atoms with Crippen LogP contribution in [0.5, 0.6) is 0 Å². The fourth-order valence-corrected chi connectivity index (χ4v) is 2.82. The van der Waals surface area contributed by atoms with Gasteiger partial charge in [0.15, 0.2) is 5.69 Å². The zero-order chi connectivity index (χ0) is 20.5. The number of carbonyl (C=O) groups excluding carboxylic acids is 1. The van der Waals surface area contributed by atoms with Gasteiger partial charge in [-0.3, -0.25) is 4.79 Å². The van der Waals surface area contributed by atoms with E-state index in [2.05, 4.69) is 5.10 Å². The lowest BCUT2D eigenvalue weighted by Gasteiger charge is -2.19. The smallest absolute Gasteiger partial charge is 0.337 e. The minimum absolute atomic E-state index is 0.168. The van der Waals surface area contributed by atoms with Crippen LogP contribution in [0.2, 0.25) is 0 Å². The van der Waals surface area contributed by atoms with Crippen molar-refractivity contribution in [2.45, 2.75) is 19.6 Å². The zero-order valence-corrected chi connectivity index (χ0v) is 15.2. The van der Waals surface area contributed by atoms with Crippen LogP contribution < -0.4 is 0 Å². The van der Waals surface area contributed by atoms with Gasteiger partial charge in [-0.05, 0) is 25.1 Å². The first-order chi connectivity index (χ1) is 13.2. The van der Waals surface area contributed by atoms with E-state index in [1.165, 1.54) is 37.4 Å². The zero-order valence-electron chi connectivity index (χ0n) is 15.2. The van der Waals surface area contributed by atoms with Gasteiger partial charge in [0.25, 0.3) is 5.91 Å². The van der Waals surface area contributed by atoms with E-state index in [-0.39, 0.29) is 17.8 Å². The van der Waals surface area contributed by atoms with Crippen LogP contribution in [0.3, 0.4) is 0 Å². The maximum Gasteiger partial charge on any atom is 0.434 e. The fourth-order valence-electron chi connectivity index (χ4n) is 2.82. The molecule has 4 nitrogen and oxygen atoms in total. The molecule has 0 aliphatic rings. The van der Waals surface area contributed by atoms with E-state index in [1.54, 1.807) is 18.2 Å². The van der Waals surface area contributed by atoms with Crippen LogP contribution in [-0.2, 0) is 12.7 Å². The lowest BCUT2D eigenvalue weighted by Crippen LogP contribution is -2.29. The quantitative estimate of drug-likeness (QED) is 0.609. The summed E-state index contributed by atoms with van der Waals surface area (Å²) in [5.41, 5.74) is -0.481. The highest BCUT2D eigenvalue weighted by Crippen LogP contribution is 2.34. The molecule has 0 radical (unpaired) electrons. The van der Waals surface area contributed by atoms with Crippen LogP contribution >= 0.6 is 0 Å². The molecule has 0 aliphatic heterocycles. The van der Waals surface area contributed by atoms with E-state index >= 15 is 0 Å². The molecule has 0 bridgehead atoms. The Morgan fingerprint density at radius 1 is 1.11 bits per heavy atom. The van der Waals surface area contributed by atoms with E-state index in [0.29, 0.717) is 4.68 Å².